The highest BCUT2D eigenvalue weighted by molar-refractivity contribution is 7.18. The van der Waals surface area contributed by atoms with Gasteiger partial charge in [0.15, 0.2) is 20.0 Å². The molecule has 10 N–H and O–H groups in total. The van der Waals surface area contributed by atoms with Gasteiger partial charge in [0.05, 0.1) is 57.1 Å². The number of likely N-dealkylation sites (tertiary alicyclic amines) is 4. The number of hydrogen-bond acceptors (Lipinski definition) is 28. The van der Waals surface area contributed by atoms with E-state index in [1.54, 1.807) is 27.1 Å². The van der Waals surface area contributed by atoms with Crippen LogP contribution in [0.2, 0.25) is 0 Å². The molecular weight excluding hydrogens is 1850 g/mol. The van der Waals surface area contributed by atoms with Crippen LogP contribution < -0.4 is 37.2 Å². The van der Waals surface area contributed by atoms with Crippen molar-refractivity contribution in [1.82, 2.24) is 80.3 Å². The van der Waals surface area contributed by atoms with Crippen molar-refractivity contribution in [3.63, 3.8) is 0 Å². The van der Waals surface area contributed by atoms with Crippen LogP contribution in [-0.2, 0) is 4.74 Å². The van der Waals surface area contributed by atoms with Crippen LogP contribution >= 0.6 is 45.3 Å². The summed E-state index contributed by atoms with van der Waals surface area (Å²) in [5, 5.41) is 51.6. The lowest BCUT2D eigenvalue weighted by Gasteiger charge is -2.31. The number of morpholine rings is 1. The molecule has 40 heteroatoms. The Morgan fingerprint density at radius 2 is 0.775 bits per heavy atom. The Kier molecular flexibility index (Phi) is 34.9. The van der Waals surface area contributed by atoms with Crippen molar-refractivity contribution in [2.24, 2.45) is 0 Å². The molecule has 8 aromatic heterocycles. The Morgan fingerprint density at radius 3 is 1.10 bits per heavy atom. The van der Waals surface area contributed by atoms with Crippen LogP contribution in [0.5, 0.6) is 0 Å². The quantitative estimate of drug-likeness (QED) is 0.0238. The molecule has 5 saturated heterocycles. The predicted molar refractivity (Wildman–Crippen MR) is 529 cm³/mol. The lowest BCUT2D eigenvalue weighted by Crippen LogP contribution is -2.46. The molecule has 10 atom stereocenters. The van der Waals surface area contributed by atoms with E-state index in [1.165, 1.54) is 47.2 Å². The van der Waals surface area contributed by atoms with Gasteiger partial charge in [-0.15, -0.1) is 45.3 Å². The van der Waals surface area contributed by atoms with Crippen molar-refractivity contribution in [2.75, 3.05) is 73.7 Å². The number of aliphatic hydroxyl groups excluding tert-OH is 3. The maximum absolute atomic E-state index is 14.2. The summed E-state index contributed by atoms with van der Waals surface area (Å²) in [6, 6.07) is 6.84. The molecule has 0 bridgehead atoms. The van der Waals surface area contributed by atoms with Gasteiger partial charge in [0.1, 0.15) is 46.0 Å². The second kappa shape index (κ2) is 45.9. The Hall–Kier alpha value is -10.4. The van der Waals surface area contributed by atoms with E-state index in [9.17, 15) is 71.2 Å². The third-order valence-corrected chi connectivity index (χ3v) is 30.5. The minimum absolute atomic E-state index is 0.00292. The van der Waals surface area contributed by atoms with Crippen molar-refractivity contribution in [3.8, 4) is 41.8 Å². The first-order valence-corrected chi connectivity index (χ1v) is 51.5. The largest absolute Gasteiger partial charge is 0.393 e. The van der Waals surface area contributed by atoms with Gasteiger partial charge in [-0.2, -0.15) is 0 Å². The maximum atomic E-state index is 14.2. The monoisotopic (exact) mass is 1980 g/mol. The maximum Gasteiger partial charge on any atom is 0.283 e. The number of halogens is 4. The average Bonchev–Trinajstić information content (AvgIpc) is 1.64. The molecule has 8 aliphatic rings. The third kappa shape index (κ3) is 25.9. The molecule has 3 saturated carbocycles. The number of pyridine rings is 4. The topological polar surface area (TPSA) is 410 Å². The van der Waals surface area contributed by atoms with Gasteiger partial charge in [-0.1, -0.05) is 13.8 Å². The summed E-state index contributed by atoms with van der Waals surface area (Å²) < 4.78 is 62.2. The number of aliphatic hydroxyl groups is 3. The first-order chi connectivity index (χ1) is 65.5. The fourth-order valence-corrected chi connectivity index (χ4v) is 22.1. The zero-order valence-corrected chi connectivity index (χ0v) is 84.8. The molecular formula is C98H132F4N20O12S4. The minimum Gasteiger partial charge on any atom is -0.393 e. The average molecular weight is 1990 g/mol. The predicted octanol–water partition coefficient (Wildman–Crippen LogP) is 16.7. The molecule has 138 heavy (non-hydrogen) atoms. The molecule has 0 radical (unpaired) electrons. The number of amides is 8. The molecule has 16 rings (SSSR count). The van der Waals surface area contributed by atoms with E-state index in [-0.39, 0.29) is 147 Å². The summed E-state index contributed by atoms with van der Waals surface area (Å²) in [4.78, 5) is 152. The Bertz CT molecular complexity index is 5670. The van der Waals surface area contributed by atoms with E-state index in [0.29, 0.717) is 129 Å². The molecule has 0 unspecified atom stereocenters. The van der Waals surface area contributed by atoms with Gasteiger partial charge in [-0.25, -0.2) is 57.4 Å². The van der Waals surface area contributed by atoms with Crippen molar-refractivity contribution in [1.29, 1.82) is 0 Å². The molecule has 8 fully saturated rings. The molecule has 8 aromatic rings. The summed E-state index contributed by atoms with van der Waals surface area (Å²) in [6.07, 6.45) is 13.3. The van der Waals surface area contributed by atoms with Crippen LogP contribution in [-0.4, -0.2) is 263 Å². The molecule has 3 aliphatic carbocycles. The number of hydrogen-bond donors (Lipinski definition) is 10. The van der Waals surface area contributed by atoms with E-state index < -0.39 is 42.9 Å². The molecule has 0 spiro atoms. The first kappa shape index (κ1) is 105. The normalized spacial score (nSPS) is 21.9. The summed E-state index contributed by atoms with van der Waals surface area (Å²) >= 11 is 4.34. The zero-order chi connectivity index (χ0) is 99.6. The van der Waals surface area contributed by atoms with Gasteiger partial charge in [-0.3, -0.25) is 38.4 Å². The van der Waals surface area contributed by atoms with Crippen molar-refractivity contribution < 1.29 is 76.0 Å². The number of alkyl halides is 4. The van der Waals surface area contributed by atoms with Gasteiger partial charge < -0.3 is 81.8 Å². The van der Waals surface area contributed by atoms with Crippen LogP contribution in [0.25, 0.3) is 41.8 Å². The van der Waals surface area contributed by atoms with Crippen LogP contribution in [0.15, 0.2) is 49.1 Å². The van der Waals surface area contributed by atoms with Crippen molar-refractivity contribution in [3.05, 3.63) is 114 Å². The zero-order valence-electron chi connectivity index (χ0n) is 81.6. The molecule has 748 valence electrons. The van der Waals surface area contributed by atoms with Gasteiger partial charge in [0.25, 0.3) is 60.1 Å². The van der Waals surface area contributed by atoms with Crippen molar-refractivity contribution >= 4 is 116 Å². The second-order valence-electron chi connectivity index (χ2n) is 39.5. The highest BCUT2D eigenvalue weighted by Gasteiger charge is 2.41. The summed E-state index contributed by atoms with van der Waals surface area (Å²) in [5.74, 6) is -0.263. The van der Waals surface area contributed by atoms with Crippen LogP contribution in [0, 0.1) is 13.8 Å². The number of aromatic nitrogens is 8. The third-order valence-electron chi connectivity index (χ3n) is 26.2. The number of nitrogens with zero attached hydrogens (tertiary/aromatic N) is 13. The van der Waals surface area contributed by atoms with Crippen LogP contribution in [0.1, 0.15) is 329 Å². The number of anilines is 4. The standard InChI is InChI=1S/C25H33F2N5O3S.C25H35N5O3S.C24H31F2N5O3S.C24H33N5O3S/c1-13-7-6-10-32(13)24(35)19-20(36-23(30-19)22(34)29-16-8-5-9-17(16)33)15-12-28-18(31-25(2,3)4)11-14(15)21(26)27;1-5-15(3)27-20-11-14(2)19(13-26-20)22-21(25(33)30-10-6-7-16(30)4)29-24(34-22)23(32)28-17-8-9-18(31)12-17;1-12-6-5-7-31(12)23(34)18-19(35-22(29-18)21(33)28-13-8-14(32)9-13)16-11-27-17(30-24(2,3)4)10-15(16)20(25)26;1-5-16(3)26-19-13-15(2)18(14-25-19)21-20(23(30)29-8-6-7-17(29)4)27-22(33-21)24(31)28-9-11-32-12-10-28/h11-13,16-17,21,33H,5-10H2,1-4H3,(H,28,31)(H,29,34);11,13,15-18,31H,5-10,12H2,1-4H3,(H,26,27)(H,28,32);10-14,20,32H,5-9H2,1-4H3,(H,27,30)(H,28,33);13-14,16-17H,5-12H2,1-4H3,(H,25,26)/t13-,16-,17-;15-,16+,17-,18-;12-,13?,14?;16-,17+/m0101/s1. The van der Waals surface area contributed by atoms with E-state index in [2.05, 4.69) is 119 Å². The fraction of sp³-hybridized carbons (Fsp3) is 0.592. The lowest BCUT2D eigenvalue weighted by atomic mass is 9.89. The SMILES string of the molecule is CC[C@@H](C)Nc1cc(C)c(-c2sc(C(=O)N3CCOCC3)nc2C(=O)N2CCC[C@@H]2C)cn1.CC[C@@H](C)Nc1cc(C)c(-c2sc(C(=O)N[C@@H]3CC[C@@H](O)C3)nc2C(=O)N2CCC[C@@H]2C)cn1.C[C@H]1CCCN1C(=O)c1nc(C(=O)NC2CC(O)C2)sc1-c1cnc(NC(C)(C)C)cc1C(F)F.C[C@H]1CCCN1C(=O)c1nc(C(=O)N[C@H]2CCC[C@@H]2O)sc1-c1cnc(NC(C)(C)C)cc1C(F)F. The summed E-state index contributed by atoms with van der Waals surface area (Å²) in [6.45, 7) is 36.5. The number of nitrogens with one attached hydrogen (secondary N) is 7. The van der Waals surface area contributed by atoms with Gasteiger partial charge in [0.2, 0.25) is 0 Å². The highest BCUT2D eigenvalue weighted by Crippen LogP contribution is 2.44. The lowest BCUT2D eigenvalue weighted by molar-refractivity contribution is 0.0302. The first-order valence-electron chi connectivity index (χ1n) is 48.2. The minimum atomic E-state index is -2.83. The summed E-state index contributed by atoms with van der Waals surface area (Å²) in [7, 11) is 0. The molecule has 32 nitrogen and oxygen atoms in total. The van der Waals surface area contributed by atoms with E-state index in [0.717, 1.165) is 145 Å². The molecule has 13 heterocycles. The molecule has 8 amide bonds. The molecule has 5 aliphatic heterocycles. The van der Waals surface area contributed by atoms with Crippen LogP contribution in [0.3, 0.4) is 0 Å². The van der Waals surface area contributed by atoms with E-state index >= 15 is 0 Å². The number of thiazole rings is 4. The van der Waals surface area contributed by atoms with Crippen molar-refractivity contribution in [2.45, 2.75) is 323 Å². The fourth-order valence-electron chi connectivity index (χ4n) is 18.0. The van der Waals surface area contributed by atoms with Gasteiger partial charge in [-0.05, 0) is 248 Å². The number of aryl methyl sites for hydroxylation is 2. The molecule has 0 aromatic carbocycles. The summed E-state index contributed by atoms with van der Waals surface area (Å²) in [5.41, 5.74) is 3.10. The van der Waals surface area contributed by atoms with Gasteiger partial charge in [0, 0.05) is 157 Å². The number of carbonyl (C=O) groups is 8. The van der Waals surface area contributed by atoms with Crippen LogP contribution in [0.4, 0.5) is 40.8 Å². The number of ether oxygens (including phenoxy) is 1. The Morgan fingerprint density at radius 1 is 0.428 bits per heavy atom. The number of carbonyl (C=O) groups excluding carboxylic acids is 8. The van der Waals surface area contributed by atoms with E-state index in [4.69, 9.17) is 4.74 Å². The number of rotatable bonds is 25. The Balaban J connectivity index is 0.000000155. The van der Waals surface area contributed by atoms with Gasteiger partial charge >= 0.3 is 0 Å². The smallest absolute Gasteiger partial charge is 0.283 e. The second-order valence-corrected chi connectivity index (χ2v) is 43.5. The van der Waals surface area contributed by atoms with E-state index in [1.807, 2.05) is 91.2 Å². The highest BCUT2D eigenvalue weighted by atomic mass is 32.1. The Labute approximate surface area is 819 Å².